The van der Waals surface area contributed by atoms with E-state index in [2.05, 4.69) is 4.98 Å². The SMILES string of the molecule is CN1C(=O)C[C@H](c2ccncc2)C12CCN(C(=O)N1CCOCC1)CC2. The zero-order chi connectivity index (χ0) is 18.1. The van der Waals surface area contributed by atoms with Crippen LogP contribution in [0.1, 0.15) is 30.7 Å². The molecular weight excluding hydrogens is 332 g/mol. The molecular formula is C19H26N4O3. The van der Waals surface area contributed by atoms with Crippen LogP contribution < -0.4 is 0 Å². The maximum absolute atomic E-state index is 12.8. The summed E-state index contributed by atoms with van der Waals surface area (Å²) in [7, 11) is 1.92. The molecule has 7 heteroatoms. The van der Waals surface area contributed by atoms with Crippen molar-refractivity contribution in [1.82, 2.24) is 19.7 Å². The van der Waals surface area contributed by atoms with Gasteiger partial charge < -0.3 is 19.4 Å². The number of morpholine rings is 1. The summed E-state index contributed by atoms with van der Waals surface area (Å²) in [6.45, 7) is 3.94. The fraction of sp³-hybridized carbons (Fsp3) is 0.632. The molecule has 1 aromatic heterocycles. The number of carbonyl (C=O) groups excluding carboxylic acids is 2. The molecule has 3 saturated heterocycles. The van der Waals surface area contributed by atoms with Crippen LogP contribution in [0.25, 0.3) is 0 Å². The fourth-order valence-electron chi connectivity index (χ4n) is 4.73. The van der Waals surface area contributed by atoms with Crippen molar-refractivity contribution in [2.45, 2.75) is 30.7 Å². The van der Waals surface area contributed by atoms with E-state index in [0.717, 1.165) is 12.8 Å². The molecule has 0 bridgehead atoms. The summed E-state index contributed by atoms with van der Waals surface area (Å²) in [5.41, 5.74) is 0.978. The molecule has 4 heterocycles. The van der Waals surface area contributed by atoms with E-state index < -0.39 is 0 Å². The molecule has 1 atom stereocenters. The number of hydrogen-bond donors (Lipinski definition) is 0. The number of ether oxygens (including phenoxy) is 1. The van der Waals surface area contributed by atoms with E-state index in [1.807, 2.05) is 33.9 Å². The quantitative estimate of drug-likeness (QED) is 0.759. The number of likely N-dealkylation sites (N-methyl/N-ethyl adjacent to an activating group) is 1. The Morgan fingerprint density at radius 2 is 1.73 bits per heavy atom. The van der Waals surface area contributed by atoms with Gasteiger partial charge in [0.1, 0.15) is 0 Å². The molecule has 0 N–H and O–H groups in total. The Morgan fingerprint density at radius 3 is 2.38 bits per heavy atom. The van der Waals surface area contributed by atoms with Gasteiger partial charge in [0.05, 0.1) is 18.8 Å². The minimum Gasteiger partial charge on any atom is -0.378 e. The van der Waals surface area contributed by atoms with E-state index in [4.69, 9.17) is 4.74 Å². The van der Waals surface area contributed by atoms with Crippen LogP contribution in [0, 0.1) is 0 Å². The Bertz CT molecular complexity index is 667. The average Bonchev–Trinajstić information content (AvgIpc) is 2.94. The van der Waals surface area contributed by atoms with Crippen molar-refractivity contribution < 1.29 is 14.3 Å². The van der Waals surface area contributed by atoms with Crippen LogP contribution in [0.5, 0.6) is 0 Å². The molecule has 0 saturated carbocycles. The van der Waals surface area contributed by atoms with E-state index in [-0.39, 0.29) is 23.4 Å². The van der Waals surface area contributed by atoms with Crippen LogP contribution in [0.15, 0.2) is 24.5 Å². The third kappa shape index (κ3) is 2.84. The summed E-state index contributed by atoms with van der Waals surface area (Å²) < 4.78 is 5.34. The molecule has 26 heavy (non-hydrogen) atoms. The lowest BCUT2D eigenvalue weighted by Crippen LogP contribution is -2.57. The molecule has 7 nitrogen and oxygen atoms in total. The lowest BCUT2D eigenvalue weighted by atomic mass is 9.74. The lowest BCUT2D eigenvalue weighted by molar-refractivity contribution is -0.130. The third-order valence-electron chi connectivity index (χ3n) is 6.36. The molecule has 3 aliphatic rings. The Labute approximate surface area is 153 Å². The largest absolute Gasteiger partial charge is 0.378 e. The van der Waals surface area contributed by atoms with Crippen molar-refractivity contribution in [2.24, 2.45) is 0 Å². The van der Waals surface area contributed by atoms with E-state index >= 15 is 0 Å². The number of pyridine rings is 1. The van der Waals surface area contributed by atoms with Crippen molar-refractivity contribution in [3.8, 4) is 0 Å². The molecule has 3 aliphatic heterocycles. The number of hydrogen-bond acceptors (Lipinski definition) is 4. The standard InChI is InChI=1S/C19H26N4O3/c1-21-17(24)14-16(15-2-6-20-7-3-15)19(21)4-8-22(9-5-19)18(25)23-10-12-26-13-11-23/h2-3,6-7,16H,4-5,8-14H2,1H3/t16-/m1/s1. The number of nitrogens with zero attached hydrogens (tertiary/aromatic N) is 4. The third-order valence-corrected chi connectivity index (χ3v) is 6.36. The number of urea groups is 1. The van der Waals surface area contributed by atoms with Gasteiger partial charge >= 0.3 is 6.03 Å². The van der Waals surface area contributed by atoms with Crippen molar-refractivity contribution in [3.05, 3.63) is 30.1 Å². The van der Waals surface area contributed by atoms with E-state index in [1.165, 1.54) is 5.56 Å². The van der Waals surface area contributed by atoms with Crippen LogP contribution in [-0.2, 0) is 9.53 Å². The fourth-order valence-corrected chi connectivity index (χ4v) is 4.73. The van der Waals surface area contributed by atoms with Gasteiger partial charge in [-0.1, -0.05) is 0 Å². The van der Waals surface area contributed by atoms with Gasteiger partial charge in [-0.15, -0.1) is 0 Å². The maximum atomic E-state index is 12.8. The van der Waals surface area contributed by atoms with Crippen molar-refractivity contribution >= 4 is 11.9 Å². The monoisotopic (exact) mass is 358 g/mol. The van der Waals surface area contributed by atoms with Crippen LogP contribution >= 0.6 is 0 Å². The minimum absolute atomic E-state index is 0.107. The zero-order valence-electron chi connectivity index (χ0n) is 15.3. The molecule has 3 fully saturated rings. The molecule has 3 amide bonds. The van der Waals surface area contributed by atoms with Gasteiger partial charge in [0.15, 0.2) is 0 Å². The van der Waals surface area contributed by atoms with Gasteiger partial charge in [-0.25, -0.2) is 4.79 Å². The van der Waals surface area contributed by atoms with Gasteiger partial charge in [0.25, 0.3) is 0 Å². The van der Waals surface area contributed by atoms with Crippen molar-refractivity contribution in [1.29, 1.82) is 0 Å². The molecule has 4 rings (SSSR count). The van der Waals surface area contributed by atoms with E-state index in [0.29, 0.717) is 45.8 Å². The van der Waals surface area contributed by atoms with Gasteiger partial charge in [-0.3, -0.25) is 9.78 Å². The van der Waals surface area contributed by atoms with Crippen molar-refractivity contribution in [2.75, 3.05) is 46.4 Å². The highest BCUT2D eigenvalue weighted by Crippen LogP contribution is 2.48. The van der Waals surface area contributed by atoms with Gasteiger partial charge in [0, 0.05) is 58.0 Å². The van der Waals surface area contributed by atoms with Crippen LogP contribution in [-0.4, -0.2) is 83.6 Å². The Kier molecular flexibility index (Phi) is 4.56. The summed E-state index contributed by atoms with van der Waals surface area (Å²) >= 11 is 0. The minimum atomic E-state index is -0.194. The average molecular weight is 358 g/mol. The maximum Gasteiger partial charge on any atom is 0.320 e. The number of likely N-dealkylation sites (tertiary alicyclic amines) is 2. The first-order valence-electron chi connectivity index (χ1n) is 9.40. The molecule has 140 valence electrons. The molecule has 1 aromatic rings. The van der Waals surface area contributed by atoms with Crippen LogP contribution in [0.4, 0.5) is 4.79 Å². The molecule has 0 unspecified atom stereocenters. The number of piperidine rings is 1. The lowest BCUT2D eigenvalue weighted by Gasteiger charge is -2.47. The number of rotatable bonds is 1. The first-order chi connectivity index (χ1) is 12.6. The van der Waals surface area contributed by atoms with Crippen LogP contribution in [0.3, 0.4) is 0 Å². The summed E-state index contributed by atoms with van der Waals surface area (Å²) in [6, 6.07) is 4.14. The summed E-state index contributed by atoms with van der Waals surface area (Å²) in [6.07, 6.45) is 5.76. The Balaban J connectivity index is 1.50. The smallest absolute Gasteiger partial charge is 0.320 e. The van der Waals surface area contributed by atoms with Crippen molar-refractivity contribution in [3.63, 3.8) is 0 Å². The summed E-state index contributed by atoms with van der Waals surface area (Å²) in [4.78, 5) is 35.1. The predicted molar refractivity (Wildman–Crippen MR) is 95.7 cm³/mol. The normalized spacial score (nSPS) is 25.8. The Hall–Kier alpha value is -2.15. The summed E-state index contributed by atoms with van der Waals surface area (Å²) in [5, 5.41) is 0. The molecule has 0 aromatic carbocycles. The first-order valence-corrected chi connectivity index (χ1v) is 9.40. The second-order valence-corrected chi connectivity index (χ2v) is 7.46. The highest BCUT2D eigenvalue weighted by Gasteiger charge is 2.53. The van der Waals surface area contributed by atoms with Crippen LogP contribution in [0.2, 0.25) is 0 Å². The van der Waals surface area contributed by atoms with Gasteiger partial charge in [0.2, 0.25) is 5.91 Å². The first kappa shape index (κ1) is 17.3. The Morgan fingerprint density at radius 1 is 1.12 bits per heavy atom. The second kappa shape index (κ2) is 6.87. The van der Waals surface area contributed by atoms with E-state index in [9.17, 15) is 9.59 Å². The number of aromatic nitrogens is 1. The molecule has 1 spiro atoms. The highest BCUT2D eigenvalue weighted by molar-refractivity contribution is 5.81. The van der Waals surface area contributed by atoms with Gasteiger partial charge in [-0.05, 0) is 30.5 Å². The highest BCUT2D eigenvalue weighted by atomic mass is 16.5. The number of amides is 3. The number of carbonyl (C=O) groups is 2. The topological polar surface area (TPSA) is 66.0 Å². The predicted octanol–water partition coefficient (Wildman–Crippen LogP) is 1.31. The molecule has 0 aliphatic carbocycles. The van der Waals surface area contributed by atoms with E-state index in [1.54, 1.807) is 12.4 Å². The summed E-state index contributed by atoms with van der Waals surface area (Å²) in [5.74, 6) is 0.364. The second-order valence-electron chi connectivity index (χ2n) is 7.46. The zero-order valence-corrected chi connectivity index (χ0v) is 15.3. The molecule has 0 radical (unpaired) electrons. The van der Waals surface area contributed by atoms with Gasteiger partial charge in [-0.2, -0.15) is 0 Å².